The van der Waals surface area contributed by atoms with E-state index in [1.165, 1.54) is 31.8 Å². The van der Waals surface area contributed by atoms with E-state index < -0.39 is 0 Å². The zero-order valence-electron chi connectivity index (χ0n) is 19.4. The van der Waals surface area contributed by atoms with Gasteiger partial charge in [-0.15, -0.1) is 22.7 Å². The maximum absolute atomic E-state index is 13.4. The van der Waals surface area contributed by atoms with Crippen molar-refractivity contribution in [3.63, 3.8) is 0 Å². The molecule has 0 saturated heterocycles. The topological polar surface area (TPSA) is 72.9 Å². The van der Waals surface area contributed by atoms with Gasteiger partial charge in [-0.2, -0.15) is 0 Å². The third-order valence-electron chi connectivity index (χ3n) is 5.91. The van der Waals surface area contributed by atoms with E-state index >= 15 is 0 Å². The van der Waals surface area contributed by atoms with Crippen LogP contribution in [0.3, 0.4) is 0 Å². The molecule has 7 nitrogen and oxygen atoms in total. The monoisotopic (exact) mass is 495 g/mol. The van der Waals surface area contributed by atoms with Crippen LogP contribution in [0.4, 0.5) is 5.00 Å². The summed E-state index contributed by atoms with van der Waals surface area (Å²) in [5.74, 6) is 1.08. The molecule has 0 bridgehead atoms. The molecule has 0 fully saturated rings. The molecule has 176 valence electrons. The maximum Gasteiger partial charge on any atom is 0.256 e. The summed E-state index contributed by atoms with van der Waals surface area (Å²) in [5, 5.41) is 4.91. The lowest BCUT2D eigenvalue weighted by molar-refractivity contribution is 0.102. The van der Waals surface area contributed by atoms with E-state index in [1.54, 1.807) is 34.8 Å². The number of rotatable bonds is 6. The molecular weight excluding hydrogens is 470 g/mol. The second kappa shape index (κ2) is 9.25. The predicted molar refractivity (Wildman–Crippen MR) is 137 cm³/mol. The van der Waals surface area contributed by atoms with Gasteiger partial charge >= 0.3 is 0 Å². The molecule has 1 aliphatic heterocycles. The molecule has 0 saturated carbocycles. The van der Waals surface area contributed by atoms with Crippen LogP contribution < -0.4 is 19.5 Å². The van der Waals surface area contributed by atoms with Crippen molar-refractivity contribution in [2.75, 3.05) is 40.2 Å². The number of thiazole rings is 1. The van der Waals surface area contributed by atoms with Crippen LogP contribution in [0, 0.1) is 0 Å². The second-order valence-electron chi connectivity index (χ2n) is 8.05. The number of anilines is 1. The van der Waals surface area contributed by atoms with E-state index in [9.17, 15) is 4.79 Å². The molecule has 0 atom stereocenters. The van der Waals surface area contributed by atoms with Crippen LogP contribution in [0.15, 0.2) is 36.4 Å². The highest BCUT2D eigenvalue weighted by Crippen LogP contribution is 2.46. The number of aromatic nitrogens is 1. The number of amides is 1. The molecule has 9 heteroatoms. The lowest BCUT2D eigenvalue weighted by Crippen LogP contribution is -2.25. The Hall–Kier alpha value is -3.14. The Bertz CT molecular complexity index is 1320. The van der Waals surface area contributed by atoms with Crippen molar-refractivity contribution in [1.82, 2.24) is 9.88 Å². The summed E-state index contributed by atoms with van der Waals surface area (Å²) in [5.41, 5.74) is 3.71. The summed E-state index contributed by atoms with van der Waals surface area (Å²) in [6.45, 7) is 1.83. The Morgan fingerprint density at radius 3 is 2.47 bits per heavy atom. The van der Waals surface area contributed by atoms with E-state index in [0.29, 0.717) is 22.8 Å². The van der Waals surface area contributed by atoms with Gasteiger partial charge in [0.1, 0.15) is 10.0 Å². The van der Waals surface area contributed by atoms with Gasteiger partial charge in [0.25, 0.3) is 5.91 Å². The van der Waals surface area contributed by atoms with Gasteiger partial charge in [0.15, 0.2) is 11.5 Å². The first-order valence-corrected chi connectivity index (χ1v) is 12.5. The molecule has 1 N–H and O–H groups in total. The molecule has 0 radical (unpaired) electrons. The summed E-state index contributed by atoms with van der Waals surface area (Å²) >= 11 is 3.28. The minimum atomic E-state index is -0.242. The van der Waals surface area contributed by atoms with Gasteiger partial charge in [-0.25, -0.2) is 4.98 Å². The van der Waals surface area contributed by atoms with Gasteiger partial charge in [0.2, 0.25) is 5.75 Å². The molecule has 2 aromatic heterocycles. The Morgan fingerprint density at radius 2 is 1.79 bits per heavy atom. The first-order chi connectivity index (χ1) is 16.5. The fourth-order valence-corrected chi connectivity index (χ4v) is 6.65. The van der Waals surface area contributed by atoms with E-state index in [-0.39, 0.29) is 5.91 Å². The Balaban J connectivity index is 1.57. The van der Waals surface area contributed by atoms with Crippen LogP contribution in [0.2, 0.25) is 0 Å². The lowest BCUT2D eigenvalue weighted by atomic mass is 10.0. The molecule has 34 heavy (non-hydrogen) atoms. The highest BCUT2D eigenvalue weighted by atomic mass is 32.1. The third kappa shape index (κ3) is 4.00. The Kier molecular flexibility index (Phi) is 6.16. The molecule has 4 aromatic rings. The number of benzene rings is 2. The van der Waals surface area contributed by atoms with Gasteiger partial charge in [-0.1, -0.05) is 12.1 Å². The van der Waals surface area contributed by atoms with Gasteiger partial charge < -0.3 is 24.4 Å². The number of hydrogen-bond acceptors (Lipinski definition) is 8. The number of methoxy groups -OCH3 is 3. The molecule has 0 spiro atoms. The quantitative estimate of drug-likeness (QED) is 0.392. The Labute approximate surface area is 205 Å². The standard InChI is InChI=1S/C25H25N3O4S2/c1-28-10-9-15-20(13-28)34-25(21(15)24-26-16-7-5-6-8-19(16)33-24)27-23(29)14-11-17(30-2)22(32-4)18(12-14)31-3/h5-8,11-12H,9-10,13H2,1-4H3,(H,27,29). The predicted octanol–water partition coefficient (Wildman–Crippen LogP) is 5.29. The zero-order valence-corrected chi connectivity index (χ0v) is 21.1. The van der Waals surface area contributed by atoms with Gasteiger partial charge in [-0.3, -0.25) is 4.79 Å². The number of nitrogens with zero attached hydrogens (tertiary/aromatic N) is 2. The van der Waals surface area contributed by atoms with Crippen molar-refractivity contribution in [1.29, 1.82) is 0 Å². The van der Waals surface area contributed by atoms with Crippen LogP contribution in [0.25, 0.3) is 20.8 Å². The van der Waals surface area contributed by atoms with Crippen molar-refractivity contribution in [3.05, 3.63) is 52.4 Å². The van der Waals surface area contributed by atoms with Crippen molar-refractivity contribution in [2.24, 2.45) is 0 Å². The molecule has 2 aromatic carbocycles. The number of thiophene rings is 1. The minimum Gasteiger partial charge on any atom is -0.493 e. The van der Waals surface area contributed by atoms with Gasteiger partial charge in [-0.05, 0) is 43.3 Å². The minimum absolute atomic E-state index is 0.242. The van der Waals surface area contributed by atoms with E-state index in [1.807, 2.05) is 18.2 Å². The number of carbonyl (C=O) groups excluding carboxylic acids is 1. The van der Waals surface area contributed by atoms with E-state index in [0.717, 1.165) is 45.3 Å². The summed E-state index contributed by atoms with van der Waals surface area (Å²) in [6, 6.07) is 11.4. The van der Waals surface area contributed by atoms with Crippen LogP contribution in [0.5, 0.6) is 17.2 Å². The highest BCUT2D eigenvalue weighted by Gasteiger charge is 2.27. The maximum atomic E-state index is 13.4. The third-order valence-corrected chi connectivity index (χ3v) is 8.10. The SMILES string of the molecule is COc1cc(C(=O)Nc2sc3c(c2-c2nc4ccccc4s2)CCN(C)C3)cc(OC)c1OC. The fourth-order valence-electron chi connectivity index (χ4n) is 4.21. The van der Waals surface area contributed by atoms with Crippen LogP contribution in [-0.4, -0.2) is 50.7 Å². The first-order valence-electron chi connectivity index (χ1n) is 10.8. The number of para-hydroxylation sites is 1. The van der Waals surface area contributed by atoms with Gasteiger partial charge in [0.05, 0.1) is 31.5 Å². The number of fused-ring (bicyclic) bond motifs is 2. The van der Waals surface area contributed by atoms with E-state index in [2.05, 4.69) is 23.3 Å². The van der Waals surface area contributed by atoms with Crippen molar-refractivity contribution < 1.29 is 19.0 Å². The van der Waals surface area contributed by atoms with Crippen LogP contribution in [0.1, 0.15) is 20.8 Å². The molecule has 5 rings (SSSR count). The van der Waals surface area contributed by atoms with Crippen LogP contribution >= 0.6 is 22.7 Å². The largest absolute Gasteiger partial charge is 0.493 e. The van der Waals surface area contributed by atoms with Crippen molar-refractivity contribution in [3.8, 4) is 27.8 Å². The lowest BCUT2D eigenvalue weighted by Gasteiger charge is -2.22. The van der Waals surface area contributed by atoms with Crippen molar-refractivity contribution in [2.45, 2.75) is 13.0 Å². The number of hydrogen-bond donors (Lipinski definition) is 1. The second-order valence-corrected chi connectivity index (χ2v) is 10.2. The number of carbonyl (C=O) groups is 1. The molecule has 0 unspecified atom stereocenters. The first kappa shape index (κ1) is 22.6. The van der Waals surface area contributed by atoms with Crippen LogP contribution in [-0.2, 0) is 13.0 Å². The van der Waals surface area contributed by atoms with Gasteiger partial charge in [0, 0.05) is 29.1 Å². The Morgan fingerprint density at radius 1 is 1.06 bits per heavy atom. The zero-order chi connectivity index (χ0) is 23.8. The fraction of sp³-hybridized carbons (Fsp3) is 0.280. The number of nitrogens with one attached hydrogen (secondary N) is 1. The summed E-state index contributed by atoms with van der Waals surface area (Å²) in [6.07, 6.45) is 0.924. The summed E-state index contributed by atoms with van der Waals surface area (Å²) in [4.78, 5) is 21.9. The smallest absolute Gasteiger partial charge is 0.256 e. The molecule has 1 amide bonds. The average molecular weight is 496 g/mol. The number of likely N-dealkylation sites (N-methyl/N-ethyl adjacent to an activating group) is 1. The molecule has 0 aliphatic carbocycles. The molecular formula is C25H25N3O4S2. The average Bonchev–Trinajstić information content (AvgIpc) is 3.42. The number of ether oxygens (including phenoxy) is 3. The molecule has 1 aliphatic rings. The highest BCUT2D eigenvalue weighted by molar-refractivity contribution is 7.23. The molecule has 3 heterocycles. The van der Waals surface area contributed by atoms with E-state index in [4.69, 9.17) is 19.2 Å². The summed E-state index contributed by atoms with van der Waals surface area (Å²) in [7, 11) is 6.73. The van der Waals surface area contributed by atoms with Crippen molar-refractivity contribution >= 4 is 43.8 Å². The normalized spacial score (nSPS) is 13.5. The summed E-state index contributed by atoms with van der Waals surface area (Å²) < 4.78 is 17.4.